The summed E-state index contributed by atoms with van der Waals surface area (Å²) in [6, 6.07) is 10.0. The topological polar surface area (TPSA) is 49.0 Å². The first-order valence-corrected chi connectivity index (χ1v) is 4.91. The van der Waals surface area contributed by atoms with Crippen molar-refractivity contribution >= 4 is 10.9 Å². The van der Waals surface area contributed by atoms with E-state index >= 15 is 0 Å². The van der Waals surface area contributed by atoms with Crippen LogP contribution in [0.4, 0.5) is 0 Å². The van der Waals surface area contributed by atoms with Gasteiger partial charge in [-0.3, -0.25) is 0 Å². The van der Waals surface area contributed by atoms with E-state index in [1.54, 1.807) is 0 Å². The van der Waals surface area contributed by atoms with Gasteiger partial charge in [-0.1, -0.05) is 18.2 Å². The zero-order valence-electron chi connectivity index (χ0n) is 8.35. The van der Waals surface area contributed by atoms with Gasteiger partial charge < -0.3 is 9.67 Å². The lowest BCUT2D eigenvalue weighted by Gasteiger charge is -2.00. The van der Waals surface area contributed by atoms with Crippen molar-refractivity contribution in [3.8, 4) is 6.07 Å². The first-order valence-electron chi connectivity index (χ1n) is 4.91. The lowest BCUT2D eigenvalue weighted by atomic mass is 10.2. The summed E-state index contributed by atoms with van der Waals surface area (Å²) in [5, 5.41) is 18.8. The molecule has 0 unspecified atom stereocenters. The Morgan fingerprint density at radius 2 is 2.13 bits per heavy atom. The molecule has 0 atom stereocenters. The molecule has 15 heavy (non-hydrogen) atoms. The van der Waals surface area contributed by atoms with Gasteiger partial charge in [0.1, 0.15) is 0 Å². The lowest BCUT2D eigenvalue weighted by molar-refractivity contribution is 0.283. The highest BCUT2D eigenvalue weighted by molar-refractivity contribution is 5.83. The van der Waals surface area contributed by atoms with Crippen LogP contribution in [0.3, 0.4) is 0 Å². The highest BCUT2D eigenvalue weighted by atomic mass is 16.3. The van der Waals surface area contributed by atoms with Crippen LogP contribution >= 0.6 is 0 Å². The molecule has 0 fully saturated rings. The number of aromatic nitrogens is 1. The fourth-order valence-corrected chi connectivity index (χ4v) is 1.80. The van der Waals surface area contributed by atoms with Gasteiger partial charge in [-0.25, -0.2) is 0 Å². The van der Waals surface area contributed by atoms with Crippen LogP contribution in [-0.2, 0) is 13.2 Å². The normalized spacial score (nSPS) is 10.4. The molecule has 1 heterocycles. The Morgan fingerprint density at radius 3 is 2.87 bits per heavy atom. The largest absolute Gasteiger partial charge is 0.392 e. The molecule has 0 aliphatic carbocycles. The third-order valence-corrected chi connectivity index (χ3v) is 2.51. The van der Waals surface area contributed by atoms with Crippen molar-refractivity contribution in [3.05, 3.63) is 36.0 Å². The van der Waals surface area contributed by atoms with Gasteiger partial charge in [0.15, 0.2) is 0 Å². The van der Waals surface area contributed by atoms with Crippen molar-refractivity contribution in [1.82, 2.24) is 4.57 Å². The summed E-state index contributed by atoms with van der Waals surface area (Å²) in [6.07, 6.45) is 2.41. The molecule has 3 heteroatoms. The van der Waals surface area contributed by atoms with Crippen molar-refractivity contribution < 1.29 is 5.11 Å². The van der Waals surface area contributed by atoms with Gasteiger partial charge in [0, 0.05) is 29.2 Å². The number of hydrogen-bond donors (Lipinski definition) is 1. The predicted octanol–water partition coefficient (Wildman–Crippen LogP) is 2.05. The molecule has 1 aromatic carbocycles. The first-order chi connectivity index (χ1) is 7.36. The first kappa shape index (κ1) is 9.75. The van der Waals surface area contributed by atoms with Crippen molar-refractivity contribution in [3.63, 3.8) is 0 Å². The summed E-state index contributed by atoms with van der Waals surface area (Å²) in [6.45, 7) is 0.719. The van der Waals surface area contributed by atoms with E-state index in [0.29, 0.717) is 13.0 Å². The summed E-state index contributed by atoms with van der Waals surface area (Å²) in [5.41, 5.74) is 2.00. The third kappa shape index (κ3) is 1.72. The van der Waals surface area contributed by atoms with E-state index in [4.69, 9.17) is 5.26 Å². The number of nitrogens with zero attached hydrogens (tertiary/aromatic N) is 2. The van der Waals surface area contributed by atoms with Gasteiger partial charge in [-0.2, -0.15) is 5.26 Å². The second-order valence-corrected chi connectivity index (χ2v) is 3.43. The third-order valence-electron chi connectivity index (χ3n) is 2.51. The molecule has 0 bridgehead atoms. The van der Waals surface area contributed by atoms with Crippen LogP contribution in [0.15, 0.2) is 30.5 Å². The minimum absolute atomic E-state index is 0.0417. The predicted molar refractivity (Wildman–Crippen MR) is 58.1 cm³/mol. The van der Waals surface area contributed by atoms with Crippen LogP contribution in [0, 0.1) is 11.3 Å². The maximum Gasteiger partial charge on any atom is 0.0702 e. The fourth-order valence-electron chi connectivity index (χ4n) is 1.80. The Balaban J connectivity index is 2.51. The summed E-state index contributed by atoms with van der Waals surface area (Å²) < 4.78 is 2.02. The van der Waals surface area contributed by atoms with Crippen molar-refractivity contribution in [2.45, 2.75) is 19.6 Å². The summed E-state index contributed by atoms with van der Waals surface area (Å²) in [7, 11) is 0. The molecule has 0 radical (unpaired) electrons. The van der Waals surface area contributed by atoms with Crippen LogP contribution in [0.5, 0.6) is 0 Å². The molecule has 2 aromatic rings. The molecule has 3 nitrogen and oxygen atoms in total. The Kier molecular flexibility index (Phi) is 2.70. The number of aliphatic hydroxyl groups is 1. The molecule has 1 N–H and O–H groups in total. The quantitative estimate of drug-likeness (QED) is 0.824. The van der Waals surface area contributed by atoms with Gasteiger partial charge in [0.25, 0.3) is 0 Å². The number of rotatable bonds is 3. The number of para-hydroxylation sites is 1. The van der Waals surface area contributed by atoms with E-state index in [0.717, 1.165) is 16.5 Å². The SMILES string of the molecule is N#CCCn1cc(CO)c2ccccc21. The van der Waals surface area contributed by atoms with E-state index in [-0.39, 0.29) is 6.61 Å². The summed E-state index contributed by atoms with van der Waals surface area (Å²) in [4.78, 5) is 0. The Labute approximate surface area is 88.2 Å². The standard InChI is InChI=1S/C12H12N2O/c13-6-3-7-14-8-10(9-15)11-4-1-2-5-12(11)14/h1-2,4-5,8,15H,3,7,9H2. The van der Waals surface area contributed by atoms with E-state index in [1.807, 2.05) is 35.0 Å². The second-order valence-electron chi connectivity index (χ2n) is 3.43. The van der Waals surface area contributed by atoms with Gasteiger partial charge >= 0.3 is 0 Å². The zero-order chi connectivity index (χ0) is 10.7. The van der Waals surface area contributed by atoms with Gasteiger partial charge in [0.2, 0.25) is 0 Å². The Bertz CT molecular complexity index is 508. The fraction of sp³-hybridized carbons (Fsp3) is 0.250. The van der Waals surface area contributed by atoms with E-state index in [1.165, 1.54) is 0 Å². The van der Waals surface area contributed by atoms with Crippen LogP contribution in [0.2, 0.25) is 0 Å². The molecule has 76 valence electrons. The van der Waals surface area contributed by atoms with E-state index < -0.39 is 0 Å². The monoisotopic (exact) mass is 200 g/mol. The molecule has 0 saturated heterocycles. The molecule has 0 aliphatic heterocycles. The Hall–Kier alpha value is -1.79. The molecule has 0 amide bonds. The molecule has 2 rings (SSSR count). The summed E-state index contributed by atoms with van der Waals surface area (Å²) in [5.74, 6) is 0. The zero-order valence-corrected chi connectivity index (χ0v) is 8.35. The molecular weight excluding hydrogens is 188 g/mol. The number of benzene rings is 1. The minimum Gasteiger partial charge on any atom is -0.392 e. The maximum atomic E-state index is 9.20. The lowest BCUT2D eigenvalue weighted by Crippen LogP contribution is -1.94. The maximum absolute atomic E-state index is 9.20. The molecule has 1 aromatic heterocycles. The van der Waals surface area contributed by atoms with Crippen LogP contribution in [0.1, 0.15) is 12.0 Å². The molecular formula is C12H12N2O. The minimum atomic E-state index is 0.0417. The van der Waals surface area contributed by atoms with E-state index in [2.05, 4.69) is 6.07 Å². The van der Waals surface area contributed by atoms with Crippen LogP contribution in [-0.4, -0.2) is 9.67 Å². The molecule has 0 saturated carbocycles. The second kappa shape index (κ2) is 4.16. The average Bonchev–Trinajstić information content (AvgIpc) is 2.65. The highest BCUT2D eigenvalue weighted by Crippen LogP contribution is 2.21. The van der Waals surface area contributed by atoms with Gasteiger partial charge in [-0.05, 0) is 6.07 Å². The number of fused-ring (bicyclic) bond motifs is 1. The van der Waals surface area contributed by atoms with Crippen molar-refractivity contribution in [2.75, 3.05) is 0 Å². The summed E-state index contributed by atoms with van der Waals surface area (Å²) >= 11 is 0. The average molecular weight is 200 g/mol. The van der Waals surface area contributed by atoms with Gasteiger partial charge in [-0.15, -0.1) is 0 Å². The van der Waals surface area contributed by atoms with E-state index in [9.17, 15) is 5.11 Å². The Morgan fingerprint density at radius 1 is 1.33 bits per heavy atom. The van der Waals surface area contributed by atoms with Crippen LogP contribution in [0.25, 0.3) is 10.9 Å². The highest BCUT2D eigenvalue weighted by Gasteiger charge is 2.05. The van der Waals surface area contributed by atoms with Crippen molar-refractivity contribution in [1.29, 1.82) is 5.26 Å². The molecule has 0 aliphatic rings. The number of hydrogen-bond acceptors (Lipinski definition) is 2. The van der Waals surface area contributed by atoms with Crippen LogP contribution < -0.4 is 0 Å². The van der Waals surface area contributed by atoms with Crippen molar-refractivity contribution in [2.24, 2.45) is 0 Å². The molecule has 0 spiro atoms. The van der Waals surface area contributed by atoms with Gasteiger partial charge in [0.05, 0.1) is 19.1 Å². The smallest absolute Gasteiger partial charge is 0.0702 e. The number of aryl methyl sites for hydroxylation is 1. The number of aliphatic hydroxyl groups excluding tert-OH is 1. The number of nitriles is 1.